The van der Waals surface area contributed by atoms with Gasteiger partial charge in [-0.05, 0) is 0 Å². The van der Waals surface area contributed by atoms with Gasteiger partial charge >= 0.3 is 11.3 Å². The summed E-state index contributed by atoms with van der Waals surface area (Å²) in [6.45, 7) is 0. The first-order chi connectivity index (χ1) is 1.41. The fourth-order valence-electron chi connectivity index (χ4n) is 0. The van der Waals surface area contributed by atoms with Gasteiger partial charge in [0, 0.05) is 0 Å². The molecule has 0 rings (SSSR count). The molecule has 1 N–H and O–H groups in total. The van der Waals surface area contributed by atoms with Crippen molar-refractivity contribution in [3.8, 4) is 0 Å². The summed E-state index contributed by atoms with van der Waals surface area (Å²) in [5.74, 6) is 0. The Hall–Kier alpha value is 0.140. The Labute approximate surface area is 26.5 Å². The van der Waals surface area contributed by atoms with Crippen LogP contribution in [0.15, 0.2) is 0 Å². The second-order valence-electron chi connectivity index (χ2n) is 0.0690. The number of rotatable bonds is 0. The molecule has 0 aliphatic rings. The van der Waals surface area contributed by atoms with Crippen LogP contribution in [-0.4, -0.2) is 4.66 Å². The van der Waals surface area contributed by atoms with E-state index in [1.165, 1.54) is 0 Å². The lowest BCUT2D eigenvalue weighted by atomic mass is 15.9. The maximum Gasteiger partial charge on any atom is 0.327 e. The average Bonchev–Trinajstić information content (AvgIpc) is 0.918. The van der Waals surface area contributed by atoms with Gasteiger partial charge in [-0.3, -0.25) is 4.70 Å². The molecule has 0 aromatic carbocycles. The van der Waals surface area contributed by atoms with E-state index in [-0.39, 0.29) is 16.0 Å². The lowest BCUT2D eigenvalue weighted by Crippen LogP contribution is -1.94. The van der Waals surface area contributed by atoms with Gasteiger partial charge in [0.25, 0.3) is 0 Å². The summed E-state index contributed by atoms with van der Waals surface area (Å²) in [4.78, 5) is 0. The largest absolute Gasteiger partial charge is 0.506 e. The zero-order valence-electron chi connectivity index (χ0n) is 1.64. The lowest BCUT2D eigenvalue weighted by molar-refractivity contribution is -1.27. The van der Waals surface area contributed by atoms with E-state index < -0.39 is 0 Å². The Bertz CT molecular complexity index is 6.00. The molecule has 0 aliphatic carbocycles. The van der Waals surface area contributed by atoms with Crippen molar-refractivity contribution < 1.29 is 25.3 Å². The highest BCUT2D eigenvalue weighted by Gasteiger charge is 1.47. The maximum atomic E-state index is 8.35. The van der Waals surface area contributed by atoms with Gasteiger partial charge in [-0.1, -0.05) is 0 Å². The first kappa shape index (κ1) is 8.91. The summed E-state index contributed by atoms with van der Waals surface area (Å²) in [6, 6.07) is 0. The zero-order chi connectivity index (χ0) is 2.71. The summed E-state index contributed by atoms with van der Waals surface area (Å²) >= 11 is -0.167. The van der Waals surface area contributed by atoms with Crippen LogP contribution in [0.2, 0.25) is 0 Å². The van der Waals surface area contributed by atoms with Gasteiger partial charge in [0.2, 0.25) is 0 Å². The molecule has 0 aromatic heterocycles. The highest BCUT2D eigenvalue weighted by Crippen LogP contribution is 1.13. The summed E-state index contributed by atoms with van der Waals surface area (Å²) in [6.07, 6.45) is 0. The lowest BCUT2D eigenvalue weighted by Gasteiger charge is -1.46. The molecule has 0 radical (unpaired) electrons. The molecule has 0 spiro atoms. The van der Waals surface area contributed by atoms with Crippen molar-refractivity contribution in [2.75, 3.05) is 0 Å². The minimum atomic E-state index is -0.167. The summed E-state index contributed by atoms with van der Waals surface area (Å²) < 4.78 is 15.2. The molecule has 4 heteroatoms. The standard InChI is InChI=1S/ClHO2.FH/c2-1-3;/h2H;1H. The van der Waals surface area contributed by atoms with E-state index in [1.54, 1.807) is 0 Å². The average molecular weight is 88.5 g/mol. The minimum absolute atomic E-state index is 0. The second-order valence-corrected chi connectivity index (χ2v) is 0.207. The highest BCUT2D eigenvalue weighted by atomic mass is 35.6. The van der Waals surface area contributed by atoms with E-state index >= 15 is 0 Å². The molecule has 0 unspecified atom stereocenters. The maximum absolute atomic E-state index is 8.35. The van der Waals surface area contributed by atoms with Crippen molar-refractivity contribution >= 4 is 0 Å². The van der Waals surface area contributed by atoms with Crippen molar-refractivity contribution in [1.82, 2.24) is 0 Å². The summed E-state index contributed by atoms with van der Waals surface area (Å²) in [5.41, 5.74) is 0. The third-order valence-electron chi connectivity index (χ3n) is 0. The molecular weight excluding hydrogens is 86.4 g/mol. The Kier molecular flexibility index (Phi) is 24.7. The molecule has 28 valence electrons. The molecule has 0 atom stereocenters. The molecule has 0 aromatic rings. The monoisotopic (exact) mass is 88.0 g/mol. The predicted octanol–water partition coefficient (Wildman–Crippen LogP) is -1.59. The molecule has 4 heavy (non-hydrogen) atoms. The van der Waals surface area contributed by atoms with E-state index in [0.29, 0.717) is 0 Å². The van der Waals surface area contributed by atoms with Gasteiger partial charge in [-0.25, -0.2) is 0 Å². The summed E-state index contributed by atoms with van der Waals surface area (Å²) in [5, 5.41) is 0. The molecule has 0 heterocycles. The molecule has 2 nitrogen and oxygen atoms in total. The first-order valence-electron chi connectivity index (χ1n) is 0.323. The van der Waals surface area contributed by atoms with E-state index in [0.717, 1.165) is 0 Å². The Balaban J connectivity index is 0. The first-order valence-corrected chi connectivity index (χ1v) is 0.970. The predicted molar refractivity (Wildman–Crippen MR) is 4.72 cm³/mol. The molecular formula is H2ClFO2. The van der Waals surface area contributed by atoms with Crippen LogP contribution < -0.4 is 4.66 Å². The molecule has 0 aliphatic heterocycles. The fraction of sp³-hybridized carbons (Fsp3) is 0. The van der Waals surface area contributed by atoms with Crippen LogP contribution >= 0.6 is 0 Å². The van der Waals surface area contributed by atoms with Crippen molar-refractivity contribution in [2.45, 2.75) is 0 Å². The van der Waals surface area contributed by atoms with Crippen molar-refractivity contribution in [3.05, 3.63) is 0 Å². The molecule has 0 saturated carbocycles. The van der Waals surface area contributed by atoms with Gasteiger partial charge in [0.05, 0.1) is 0 Å². The van der Waals surface area contributed by atoms with E-state index in [1.807, 2.05) is 0 Å². The van der Waals surface area contributed by atoms with E-state index in [4.69, 9.17) is 9.32 Å². The van der Waals surface area contributed by atoms with Crippen LogP contribution in [0.5, 0.6) is 0 Å². The van der Waals surface area contributed by atoms with Gasteiger partial charge < -0.3 is 4.66 Å². The zero-order valence-corrected chi connectivity index (χ0v) is 2.40. The summed E-state index contributed by atoms with van der Waals surface area (Å²) in [7, 11) is 0. The van der Waals surface area contributed by atoms with Crippen LogP contribution in [0.1, 0.15) is 0 Å². The minimum Gasteiger partial charge on any atom is -0.506 e. The van der Waals surface area contributed by atoms with E-state index in [9.17, 15) is 0 Å². The quantitative estimate of drug-likeness (QED) is 0.388. The third kappa shape index (κ3) is 142. The van der Waals surface area contributed by atoms with Crippen LogP contribution in [-0.2, 0) is 0 Å². The van der Waals surface area contributed by atoms with Crippen molar-refractivity contribution in [1.29, 1.82) is 0 Å². The number of hydrogen-bond acceptors (Lipinski definition) is 2. The topological polar surface area (TPSA) is 43.3 Å². The van der Waals surface area contributed by atoms with Crippen LogP contribution in [0.4, 0.5) is 4.70 Å². The second kappa shape index (κ2) is 11.1. The van der Waals surface area contributed by atoms with Gasteiger partial charge in [0.1, 0.15) is 0 Å². The van der Waals surface area contributed by atoms with Crippen LogP contribution in [0, 0.1) is 11.3 Å². The third-order valence-corrected chi connectivity index (χ3v) is 0. The highest BCUT2D eigenvalue weighted by molar-refractivity contribution is 1.71. The van der Waals surface area contributed by atoms with Gasteiger partial charge in [-0.15, -0.1) is 4.66 Å². The van der Waals surface area contributed by atoms with Crippen molar-refractivity contribution in [2.24, 2.45) is 0 Å². The van der Waals surface area contributed by atoms with E-state index in [2.05, 4.69) is 0 Å². The number of hydrogen-bond donors (Lipinski definition) is 1. The smallest absolute Gasteiger partial charge is 0.327 e. The van der Waals surface area contributed by atoms with Crippen LogP contribution in [0.25, 0.3) is 0 Å². The van der Waals surface area contributed by atoms with Crippen molar-refractivity contribution in [3.63, 3.8) is 0 Å². The van der Waals surface area contributed by atoms with Crippen LogP contribution in [0.3, 0.4) is 0 Å². The molecule has 0 amide bonds. The van der Waals surface area contributed by atoms with Gasteiger partial charge in [0.15, 0.2) is 0 Å². The molecule has 0 saturated heterocycles. The fourth-order valence-corrected chi connectivity index (χ4v) is 0. The SMILES string of the molecule is F.[O-][Cl+]O. The number of halogens is 2. The molecule has 0 fully saturated rings. The Morgan fingerprint density at radius 1 is 1.75 bits per heavy atom. The Morgan fingerprint density at radius 3 is 1.75 bits per heavy atom. The van der Waals surface area contributed by atoms with Gasteiger partial charge in [-0.2, -0.15) is 0 Å². The normalized spacial score (nSPS) is 4.50. The Morgan fingerprint density at radius 2 is 1.75 bits per heavy atom. The molecule has 0 bridgehead atoms.